The second kappa shape index (κ2) is 9.36. The number of aryl methyl sites for hydroxylation is 1. The first kappa shape index (κ1) is 21.4. The van der Waals surface area contributed by atoms with Crippen molar-refractivity contribution < 1.29 is 33.4 Å². The standard InChI is InChI=1S/C10H11NO4.C10H9NO3/c1-6(12)11-9-4-3-8(5-10(9)14)15-7(2)13;1-6-11-9-4-3-8(14-7(2)12)5-10(9)13-6/h3-5,14H,1-2H3,(H,11,12);3-5H,1-2H3. The zero-order valence-corrected chi connectivity index (χ0v) is 16.3. The highest BCUT2D eigenvalue weighted by Crippen LogP contribution is 2.28. The number of phenolic OH excluding ortho intramolecular Hbond substituents is 1. The predicted molar refractivity (Wildman–Crippen MR) is 104 cm³/mol. The van der Waals surface area contributed by atoms with Gasteiger partial charge in [0, 0.05) is 39.8 Å². The van der Waals surface area contributed by atoms with E-state index >= 15 is 0 Å². The van der Waals surface area contributed by atoms with E-state index in [4.69, 9.17) is 13.9 Å². The fourth-order valence-electron chi connectivity index (χ4n) is 2.29. The lowest BCUT2D eigenvalue weighted by Gasteiger charge is -2.06. The molecule has 0 spiro atoms. The van der Waals surface area contributed by atoms with Crippen LogP contribution in [0.2, 0.25) is 0 Å². The van der Waals surface area contributed by atoms with Gasteiger partial charge >= 0.3 is 11.9 Å². The van der Waals surface area contributed by atoms with Crippen molar-refractivity contribution in [2.75, 3.05) is 5.32 Å². The summed E-state index contributed by atoms with van der Waals surface area (Å²) in [6, 6.07) is 9.28. The number of fused-ring (bicyclic) bond motifs is 1. The van der Waals surface area contributed by atoms with Crippen molar-refractivity contribution in [2.24, 2.45) is 0 Å². The normalized spacial score (nSPS) is 9.93. The number of ether oxygens (including phenoxy) is 2. The number of amides is 1. The lowest BCUT2D eigenvalue weighted by atomic mass is 10.2. The Labute approximate surface area is 166 Å². The summed E-state index contributed by atoms with van der Waals surface area (Å²) in [5.74, 6) is 0.0481. The van der Waals surface area contributed by atoms with Gasteiger partial charge in [-0.15, -0.1) is 0 Å². The second-order valence-corrected chi connectivity index (χ2v) is 5.91. The molecule has 9 heteroatoms. The number of carbonyl (C=O) groups is 3. The van der Waals surface area contributed by atoms with Crippen LogP contribution in [0, 0.1) is 6.92 Å². The number of hydrogen-bond acceptors (Lipinski definition) is 8. The zero-order chi connectivity index (χ0) is 21.6. The first-order valence-electron chi connectivity index (χ1n) is 8.48. The SMILES string of the molecule is CC(=O)Nc1ccc(OC(C)=O)cc1O.CC(=O)Oc1ccc2nc(C)oc2c1. The lowest BCUT2D eigenvalue weighted by molar-refractivity contribution is -0.132. The molecule has 0 atom stereocenters. The van der Waals surface area contributed by atoms with E-state index in [2.05, 4.69) is 10.3 Å². The van der Waals surface area contributed by atoms with Gasteiger partial charge in [0.2, 0.25) is 5.91 Å². The van der Waals surface area contributed by atoms with Crippen molar-refractivity contribution in [1.29, 1.82) is 0 Å². The van der Waals surface area contributed by atoms with Gasteiger partial charge in [0.05, 0.1) is 5.69 Å². The highest BCUT2D eigenvalue weighted by atomic mass is 16.5. The minimum Gasteiger partial charge on any atom is -0.506 e. The molecule has 0 fully saturated rings. The van der Waals surface area contributed by atoms with Crippen LogP contribution < -0.4 is 14.8 Å². The number of carbonyl (C=O) groups excluding carboxylic acids is 3. The monoisotopic (exact) mass is 400 g/mol. The third kappa shape index (κ3) is 6.65. The van der Waals surface area contributed by atoms with E-state index in [9.17, 15) is 19.5 Å². The Bertz CT molecular complexity index is 1060. The van der Waals surface area contributed by atoms with E-state index in [0.29, 0.717) is 17.2 Å². The van der Waals surface area contributed by atoms with E-state index in [1.54, 1.807) is 25.1 Å². The maximum atomic E-state index is 10.7. The number of hydrogen-bond donors (Lipinski definition) is 2. The van der Waals surface area contributed by atoms with Crippen LogP contribution in [0.25, 0.3) is 11.1 Å². The average Bonchev–Trinajstić information content (AvgIpc) is 2.96. The molecule has 0 aliphatic rings. The molecule has 0 bridgehead atoms. The van der Waals surface area contributed by atoms with E-state index < -0.39 is 5.97 Å². The molecule has 2 aromatic carbocycles. The first-order chi connectivity index (χ1) is 13.6. The Morgan fingerprint density at radius 1 is 0.966 bits per heavy atom. The third-order valence-electron chi connectivity index (χ3n) is 3.27. The van der Waals surface area contributed by atoms with Gasteiger partial charge in [0.15, 0.2) is 11.5 Å². The van der Waals surface area contributed by atoms with Gasteiger partial charge in [-0.25, -0.2) is 4.98 Å². The van der Waals surface area contributed by atoms with Gasteiger partial charge in [-0.2, -0.15) is 0 Å². The fourth-order valence-corrected chi connectivity index (χ4v) is 2.29. The summed E-state index contributed by atoms with van der Waals surface area (Å²) in [5.41, 5.74) is 1.66. The van der Waals surface area contributed by atoms with Gasteiger partial charge in [0.25, 0.3) is 0 Å². The van der Waals surface area contributed by atoms with Crippen LogP contribution in [0.4, 0.5) is 5.69 Å². The summed E-state index contributed by atoms with van der Waals surface area (Å²) in [6.07, 6.45) is 0. The molecule has 1 heterocycles. The van der Waals surface area contributed by atoms with E-state index in [0.717, 1.165) is 5.52 Å². The van der Waals surface area contributed by atoms with Crippen LogP contribution in [-0.4, -0.2) is 27.9 Å². The Balaban J connectivity index is 0.000000207. The largest absolute Gasteiger partial charge is 0.506 e. The van der Waals surface area contributed by atoms with Crippen LogP contribution in [0.15, 0.2) is 40.8 Å². The van der Waals surface area contributed by atoms with Gasteiger partial charge < -0.3 is 24.3 Å². The Morgan fingerprint density at radius 3 is 2.10 bits per heavy atom. The highest BCUT2D eigenvalue weighted by Gasteiger charge is 2.06. The molecule has 0 radical (unpaired) electrons. The van der Waals surface area contributed by atoms with Crippen LogP contribution in [0.3, 0.4) is 0 Å². The minimum absolute atomic E-state index is 0.149. The van der Waals surface area contributed by atoms with Crippen molar-refractivity contribution in [3.8, 4) is 17.2 Å². The fraction of sp³-hybridized carbons (Fsp3) is 0.200. The Hall–Kier alpha value is -3.88. The maximum Gasteiger partial charge on any atom is 0.308 e. The van der Waals surface area contributed by atoms with Crippen molar-refractivity contribution in [2.45, 2.75) is 27.7 Å². The number of oxazole rings is 1. The molecule has 0 saturated carbocycles. The zero-order valence-electron chi connectivity index (χ0n) is 16.3. The molecule has 0 unspecified atom stereocenters. The maximum absolute atomic E-state index is 10.7. The average molecular weight is 400 g/mol. The van der Waals surface area contributed by atoms with Crippen LogP contribution in [-0.2, 0) is 14.4 Å². The molecule has 1 aromatic heterocycles. The predicted octanol–water partition coefficient (Wildman–Crippen LogP) is 3.34. The van der Waals surface area contributed by atoms with Crippen molar-refractivity contribution in [1.82, 2.24) is 4.98 Å². The van der Waals surface area contributed by atoms with Crippen molar-refractivity contribution >= 4 is 34.6 Å². The number of aromatic hydroxyl groups is 1. The molecule has 0 aliphatic heterocycles. The Morgan fingerprint density at radius 2 is 1.55 bits per heavy atom. The molecule has 0 saturated heterocycles. The van der Waals surface area contributed by atoms with Gasteiger partial charge in [-0.1, -0.05) is 0 Å². The van der Waals surface area contributed by atoms with Crippen LogP contribution in [0.5, 0.6) is 17.2 Å². The summed E-state index contributed by atoms with van der Waals surface area (Å²) in [7, 11) is 0. The number of nitrogens with one attached hydrogen (secondary N) is 1. The van der Waals surface area contributed by atoms with Gasteiger partial charge in [-0.3, -0.25) is 14.4 Å². The molecule has 0 aliphatic carbocycles. The molecular formula is C20H20N2O7. The van der Waals surface area contributed by atoms with Crippen molar-refractivity contribution in [3.05, 3.63) is 42.3 Å². The summed E-state index contributed by atoms with van der Waals surface area (Å²) < 4.78 is 14.9. The van der Waals surface area contributed by atoms with Crippen molar-refractivity contribution in [3.63, 3.8) is 0 Å². The van der Waals surface area contributed by atoms with E-state index in [1.807, 2.05) is 0 Å². The molecule has 3 aromatic rings. The molecule has 3 rings (SSSR count). The molecule has 29 heavy (non-hydrogen) atoms. The number of anilines is 1. The van der Waals surface area contributed by atoms with E-state index in [1.165, 1.54) is 39.0 Å². The quantitative estimate of drug-likeness (QED) is 0.389. The third-order valence-corrected chi connectivity index (χ3v) is 3.27. The molecule has 1 amide bonds. The first-order valence-corrected chi connectivity index (χ1v) is 8.48. The summed E-state index contributed by atoms with van der Waals surface area (Å²) in [4.78, 5) is 36.1. The van der Waals surface area contributed by atoms with E-state index in [-0.39, 0.29) is 29.1 Å². The number of benzene rings is 2. The lowest BCUT2D eigenvalue weighted by Crippen LogP contribution is -2.06. The molecular weight excluding hydrogens is 380 g/mol. The summed E-state index contributed by atoms with van der Waals surface area (Å²) >= 11 is 0. The van der Waals surface area contributed by atoms with Crippen LogP contribution in [0.1, 0.15) is 26.7 Å². The topological polar surface area (TPSA) is 128 Å². The molecule has 152 valence electrons. The number of aromatic nitrogens is 1. The number of phenols is 1. The number of nitrogens with zero attached hydrogens (tertiary/aromatic N) is 1. The summed E-state index contributed by atoms with van der Waals surface area (Å²) in [6.45, 7) is 5.72. The van der Waals surface area contributed by atoms with Crippen LogP contribution >= 0.6 is 0 Å². The Kier molecular flexibility index (Phi) is 6.91. The molecule has 2 N–H and O–H groups in total. The summed E-state index contributed by atoms with van der Waals surface area (Å²) in [5, 5.41) is 11.9. The smallest absolute Gasteiger partial charge is 0.308 e. The van der Waals surface area contributed by atoms with Gasteiger partial charge in [0.1, 0.15) is 22.8 Å². The molecule has 9 nitrogen and oxygen atoms in total. The minimum atomic E-state index is -0.471. The number of rotatable bonds is 3. The van der Waals surface area contributed by atoms with Gasteiger partial charge in [-0.05, 0) is 24.3 Å². The number of esters is 2. The highest BCUT2D eigenvalue weighted by molar-refractivity contribution is 5.90. The second-order valence-electron chi connectivity index (χ2n) is 5.91.